The van der Waals surface area contributed by atoms with Crippen LogP contribution in [0.15, 0.2) is 22.6 Å². The summed E-state index contributed by atoms with van der Waals surface area (Å²) in [4.78, 5) is 23.8. The number of carbonyl (C=O) groups excluding carboxylic acids is 1. The van der Waals surface area contributed by atoms with Gasteiger partial charge in [0.25, 0.3) is 0 Å². The molecule has 2 heterocycles. The van der Waals surface area contributed by atoms with Gasteiger partial charge in [0.15, 0.2) is 0 Å². The number of piperidine rings is 1. The number of nitro groups is 1. The number of nitrogens with zero attached hydrogens (tertiary/aromatic N) is 2. The SMILES string of the molecule is Cl.O=C(/C=C/c1ccc([N+](=O)[O-])o1)NCCN1CCCCC1. The highest BCUT2D eigenvalue weighted by Gasteiger charge is 2.11. The van der Waals surface area contributed by atoms with Crippen molar-refractivity contribution in [3.8, 4) is 0 Å². The highest BCUT2D eigenvalue weighted by Crippen LogP contribution is 2.16. The lowest BCUT2D eigenvalue weighted by atomic mass is 10.1. The van der Waals surface area contributed by atoms with E-state index in [9.17, 15) is 14.9 Å². The Balaban J connectivity index is 0.00000242. The van der Waals surface area contributed by atoms with Crippen LogP contribution in [0.5, 0.6) is 0 Å². The molecule has 0 bridgehead atoms. The number of amides is 1. The van der Waals surface area contributed by atoms with Crippen LogP contribution >= 0.6 is 12.4 Å². The molecule has 0 aromatic carbocycles. The number of rotatable bonds is 6. The number of carbonyl (C=O) groups is 1. The van der Waals surface area contributed by atoms with Crippen LogP contribution in [0.4, 0.5) is 5.88 Å². The molecule has 0 radical (unpaired) electrons. The maximum Gasteiger partial charge on any atom is 0.433 e. The molecule has 1 saturated heterocycles. The molecule has 122 valence electrons. The first-order valence-corrected chi connectivity index (χ1v) is 7.07. The van der Waals surface area contributed by atoms with E-state index in [2.05, 4.69) is 10.2 Å². The Hall–Kier alpha value is -1.86. The maximum atomic E-state index is 11.6. The molecule has 22 heavy (non-hydrogen) atoms. The molecular formula is C14H20ClN3O4. The van der Waals surface area contributed by atoms with E-state index in [1.54, 1.807) is 0 Å². The van der Waals surface area contributed by atoms with E-state index in [0.29, 0.717) is 6.54 Å². The number of nitrogens with one attached hydrogen (secondary N) is 1. The van der Waals surface area contributed by atoms with Gasteiger partial charge in [0.05, 0.1) is 6.07 Å². The molecule has 0 unspecified atom stereocenters. The summed E-state index contributed by atoms with van der Waals surface area (Å²) in [5, 5.41) is 13.2. The molecule has 0 atom stereocenters. The largest absolute Gasteiger partial charge is 0.433 e. The molecule has 1 aliphatic rings. The fraction of sp³-hybridized carbons (Fsp3) is 0.500. The number of hydrogen-bond donors (Lipinski definition) is 1. The first kappa shape index (κ1) is 18.2. The second kappa shape index (κ2) is 9.22. The number of furan rings is 1. The summed E-state index contributed by atoms with van der Waals surface area (Å²) in [5.74, 6) is -0.279. The van der Waals surface area contributed by atoms with E-state index in [1.807, 2.05) is 0 Å². The van der Waals surface area contributed by atoms with Gasteiger partial charge in [0, 0.05) is 19.2 Å². The summed E-state index contributed by atoms with van der Waals surface area (Å²) in [6.07, 6.45) is 6.49. The molecule has 0 spiro atoms. The first-order valence-electron chi connectivity index (χ1n) is 7.07. The molecular weight excluding hydrogens is 310 g/mol. The van der Waals surface area contributed by atoms with Gasteiger partial charge in [0.2, 0.25) is 5.91 Å². The zero-order valence-electron chi connectivity index (χ0n) is 12.2. The topological polar surface area (TPSA) is 88.6 Å². The lowest BCUT2D eigenvalue weighted by molar-refractivity contribution is -0.402. The quantitative estimate of drug-likeness (QED) is 0.491. The minimum absolute atomic E-state index is 0. The average molecular weight is 330 g/mol. The lowest BCUT2D eigenvalue weighted by Crippen LogP contribution is -2.37. The van der Waals surface area contributed by atoms with Crippen LogP contribution in [0.3, 0.4) is 0 Å². The van der Waals surface area contributed by atoms with Gasteiger partial charge in [-0.1, -0.05) is 6.42 Å². The summed E-state index contributed by atoms with van der Waals surface area (Å²) in [6, 6.07) is 2.71. The summed E-state index contributed by atoms with van der Waals surface area (Å²) in [7, 11) is 0. The van der Waals surface area contributed by atoms with E-state index in [4.69, 9.17) is 4.42 Å². The van der Waals surface area contributed by atoms with Gasteiger partial charge in [-0.25, -0.2) is 0 Å². The number of hydrogen-bond acceptors (Lipinski definition) is 5. The highest BCUT2D eigenvalue weighted by atomic mass is 35.5. The van der Waals surface area contributed by atoms with Crippen LogP contribution < -0.4 is 5.32 Å². The molecule has 1 aromatic heterocycles. The highest BCUT2D eigenvalue weighted by molar-refractivity contribution is 5.91. The third-order valence-corrected chi connectivity index (χ3v) is 3.37. The van der Waals surface area contributed by atoms with Gasteiger partial charge in [-0.05, 0) is 38.1 Å². The summed E-state index contributed by atoms with van der Waals surface area (Å²) >= 11 is 0. The Morgan fingerprint density at radius 1 is 1.36 bits per heavy atom. The monoisotopic (exact) mass is 329 g/mol. The van der Waals surface area contributed by atoms with Gasteiger partial charge in [-0.15, -0.1) is 12.4 Å². The second-order valence-corrected chi connectivity index (χ2v) is 4.96. The van der Waals surface area contributed by atoms with Crippen molar-refractivity contribution in [2.24, 2.45) is 0 Å². The molecule has 7 nitrogen and oxygen atoms in total. The van der Waals surface area contributed by atoms with Gasteiger partial charge in [-0.3, -0.25) is 14.9 Å². The average Bonchev–Trinajstić information content (AvgIpc) is 2.95. The van der Waals surface area contributed by atoms with Crippen LogP contribution in [0.25, 0.3) is 6.08 Å². The molecule has 2 rings (SSSR count). The van der Waals surface area contributed by atoms with Crippen LogP contribution in [-0.4, -0.2) is 41.9 Å². The Kier molecular flexibility index (Phi) is 7.62. The standard InChI is InChI=1S/C14H19N3O4.ClH/c18-13(15-8-11-16-9-2-1-3-10-16)6-4-12-5-7-14(21-12)17(19)20;/h4-7H,1-3,8-11H2,(H,15,18);1H/b6-4+;. The van der Waals surface area contributed by atoms with Gasteiger partial charge < -0.3 is 14.6 Å². The van der Waals surface area contributed by atoms with Crippen LogP contribution in [-0.2, 0) is 4.79 Å². The van der Waals surface area contributed by atoms with E-state index in [1.165, 1.54) is 43.5 Å². The Labute approximate surface area is 134 Å². The van der Waals surface area contributed by atoms with Crippen molar-refractivity contribution in [2.45, 2.75) is 19.3 Å². The molecule has 1 amide bonds. The summed E-state index contributed by atoms with van der Waals surface area (Å²) < 4.78 is 4.92. The molecule has 1 fully saturated rings. The van der Waals surface area contributed by atoms with Gasteiger partial charge in [0.1, 0.15) is 10.7 Å². The zero-order chi connectivity index (χ0) is 15.1. The molecule has 0 aliphatic carbocycles. The fourth-order valence-corrected chi connectivity index (χ4v) is 2.27. The molecule has 1 aromatic rings. The predicted octanol–water partition coefficient (Wildman–Crippen LogP) is 2.22. The van der Waals surface area contributed by atoms with E-state index in [-0.39, 0.29) is 30.0 Å². The van der Waals surface area contributed by atoms with Crippen molar-refractivity contribution >= 4 is 30.3 Å². The molecule has 1 aliphatic heterocycles. The van der Waals surface area contributed by atoms with Crippen molar-refractivity contribution < 1.29 is 14.1 Å². The first-order chi connectivity index (χ1) is 10.1. The lowest BCUT2D eigenvalue weighted by Gasteiger charge is -2.26. The van der Waals surface area contributed by atoms with Crippen LogP contribution in [0.2, 0.25) is 0 Å². The third-order valence-electron chi connectivity index (χ3n) is 3.37. The van der Waals surface area contributed by atoms with Crippen molar-refractivity contribution in [3.05, 3.63) is 34.1 Å². The van der Waals surface area contributed by atoms with Crippen molar-refractivity contribution in [2.75, 3.05) is 26.2 Å². The van der Waals surface area contributed by atoms with Crippen LogP contribution in [0, 0.1) is 10.1 Å². The molecule has 8 heteroatoms. The normalized spacial score (nSPS) is 15.5. The van der Waals surface area contributed by atoms with E-state index in [0.717, 1.165) is 19.6 Å². The predicted molar refractivity (Wildman–Crippen MR) is 84.9 cm³/mol. The van der Waals surface area contributed by atoms with Crippen molar-refractivity contribution in [3.63, 3.8) is 0 Å². The van der Waals surface area contributed by atoms with Gasteiger partial charge >= 0.3 is 5.88 Å². The van der Waals surface area contributed by atoms with Gasteiger partial charge in [-0.2, -0.15) is 0 Å². The fourth-order valence-electron chi connectivity index (χ4n) is 2.27. The van der Waals surface area contributed by atoms with Crippen molar-refractivity contribution in [1.29, 1.82) is 0 Å². The minimum Gasteiger partial charge on any atom is -0.401 e. The number of likely N-dealkylation sites (tertiary alicyclic amines) is 1. The zero-order valence-corrected chi connectivity index (χ0v) is 13.0. The number of halogens is 1. The summed E-state index contributed by atoms with van der Waals surface area (Å²) in [6.45, 7) is 3.65. The summed E-state index contributed by atoms with van der Waals surface area (Å²) in [5.41, 5.74) is 0. The Morgan fingerprint density at radius 2 is 2.09 bits per heavy atom. The third kappa shape index (κ3) is 5.87. The van der Waals surface area contributed by atoms with Crippen molar-refractivity contribution in [1.82, 2.24) is 10.2 Å². The van der Waals surface area contributed by atoms with Crippen LogP contribution in [0.1, 0.15) is 25.0 Å². The molecule has 0 saturated carbocycles. The van der Waals surface area contributed by atoms with E-state index >= 15 is 0 Å². The minimum atomic E-state index is -0.615. The smallest absolute Gasteiger partial charge is 0.401 e. The second-order valence-electron chi connectivity index (χ2n) is 4.96. The Morgan fingerprint density at radius 3 is 2.73 bits per heavy atom. The van der Waals surface area contributed by atoms with E-state index < -0.39 is 4.92 Å². The maximum absolute atomic E-state index is 11.6. The Bertz CT molecular complexity index is 524. The molecule has 1 N–H and O–H groups in total.